The number of allylic oxidation sites excluding steroid dienone is 2. The van der Waals surface area contributed by atoms with Crippen LogP contribution in [-0.4, -0.2) is 13.1 Å². The van der Waals surface area contributed by atoms with Gasteiger partial charge in [0, 0.05) is 0 Å². The fourth-order valence-electron chi connectivity index (χ4n) is 1.22. The molecule has 0 spiro atoms. The van der Waals surface area contributed by atoms with Crippen molar-refractivity contribution in [2.75, 3.05) is 13.1 Å². The first-order valence-corrected chi connectivity index (χ1v) is 8.46. The maximum absolute atomic E-state index is 3.30. The number of unbranched alkanes of at least 4 members (excludes halogenated alkanes) is 3. The number of hydrogen-bond acceptors (Lipinski definition) is 1. The van der Waals surface area contributed by atoms with E-state index < -0.39 is 0 Å². The maximum atomic E-state index is 3.30. The average Bonchev–Trinajstić information content (AvgIpc) is 2.44. The van der Waals surface area contributed by atoms with Gasteiger partial charge >= 0.3 is 0 Å². The van der Waals surface area contributed by atoms with Crippen molar-refractivity contribution in [3.05, 3.63) is 12.2 Å². The van der Waals surface area contributed by atoms with Crippen LogP contribution in [0.5, 0.6) is 0 Å². The van der Waals surface area contributed by atoms with Gasteiger partial charge in [-0.15, -0.1) is 0 Å². The molecule has 0 aliphatic rings. The third-order valence-corrected chi connectivity index (χ3v) is 2.84. The summed E-state index contributed by atoms with van der Waals surface area (Å²) in [4.78, 5) is 0. The minimum Gasteiger partial charge on any atom is -0.317 e. The molecule has 0 radical (unpaired) electrons. The lowest BCUT2D eigenvalue weighted by Crippen LogP contribution is -2.19. The predicted octanol–water partition coefficient (Wildman–Crippen LogP) is 6.20. The fraction of sp³-hybridized carbons (Fsp3) is 0.889. The molecule has 0 aromatic carbocycles. The largest absolute Gasteiger partial charge is 0.317 e. The van der Waals surface area contributed by atoms with E-state index in [1.54, 1.807) is 0 Å². The number of rotatable bonds is 8. The Morgan fingerprint density at radius 3 is 1.74 bits per heavy atom. The second kappa shape index (κ2) is 26.3. The van der Waals surface area contributed by atoms with Crippen LogP contribution in [0.2, 0.25) is 0 Å². The molecule has 19 heavy (non-hydrogen) atoms. The van der Waals surface area contributed by atoms with Gasteiger partial charge in [-0.25, -0.2) is 0 Å². The van der Waals surface area contributed by atoms with Crippen LogP contribution in [0, 0.1) is 5.92 Å². The van der Waals surface area contributed by atoms with E-state index in [2.05, 4.69) is 65.9 Å². The summed E-state index contributed by atoms with van der Waals surface area (Å²) >= 11 is 0. The molecule has 0 aromatic rings. The molecule has 0 saturated heterocycles. The highest BCUT2D eigenvalue weighted by Gasteiger charge is 1.93. The Morgan fingerprint density at radius 2 is 1.53 bits per heavy atom. The zero-order valence-corrected chi connectivity index (χ0v) is 14.9. The number of hydrogen-bond donors (Lipinski definition) is 1. The predicted molar refractivity (Wildman–Crippen MR) is 92.9 cm³/mol. The minimum atomic E-state index is 0.843. The van der Waals surface area contributed by atoms with Crippen molar-refractivity contribution in [1.29, 1.82) is 0 Å². The molecular formula is C18H41N. The molecule has 1 atom stereocenters. The van der Waals surface area contributed by atoms with Crippen LogP contribution in [-0.2, 0) is 0 Å². The Kier molecular flexibility index (Phi) is 32.9. The SMILES string of the molecule is CC=CCCC.CCCCC.CCNCC(C)CC. The molecule has 1 heteroatoms. The van der Waals surface area contributed by atoms with Crippen molar-refractivity contribution in [3.63, 3.8) is 0 Å². The molecule has 0 aliphatic carbocycles. The van der Waals surface area contributed by atoms with Crippen molar-refractivity contribution in [1.82, 2.24) is 5.32 Å². The second-order valence-electron chi connectivity index (χ2n) is 5.03. The zero-order valence-electron chi connectivity index (χ0n) is 14.9. The van der Waals surface area contributed by atoms with Gasteiger partial charge in [0.2, 0.25) is 0 Å². The van der Waals surface area contributed by atoms with Gasteiger partial charge in [0.1, 0.15) is 0 Å². The summed E-state index contributed by atoms with van der Waals surface area (Å²) < 4.78 is 0. The van der Waals surface area contributed by atoms with Crippen LogP contribution in [0.1, 0.15) is 87.0 Å². The van der Waals surface area contributed by atoms with Crippen LogP contribution in [0.4, 0.5) is 0 Å². The van der Waals surface area contributed by atoms with E-state index in [4.69, 9.17) is 0 Å². The molecule has 1 nitrogen and oxygen atoms in total. The number of nitrogens with one attached hydrogen (secondary N) is 1. The summed E-state index contributed by atoms with van der Waals surface area (Å²) in [6.45, 7) is 17.6. The van der Waals surface area contributed by atoms with Crippen LogP contribution in [0.15, 0.2) is 12.2 Å². The summed E-state index contributed by atoms with van der Waals surface area (Å²) in [5, 5.41) is 3.30. The highest BCUT2D eigenvalue weighted by atomic mass is 14.8. The lowest BCUT2D eigenvalue weighted by atomic mass is 10.1. The summed E-state index contributed by atoms with van der Waals surface area (Å²) in [7, 11) is 0. The highest BCUT2D eigenvalue weighted by Crippen LogP contribution is 1.96. The Balaban J connectivity index is -0.000000209. The monoisotopic (exact) mass is 271 g/mol. The van der Waals surface area contributed by atoms with Gasteiger partial charge < -0.3 is 5.32 Å². The summed E-state index contributed by atoms with van der Waals surface area (Å²) in [5.41, 5.74) is 0. The molecule has 0 amide bonds. The fourth-order valence-corrected chi connectivity index (χ4v) is 1.22. The van der Waals surface area contributed by atoms with Gasteiger partial charge in [-0.2, -0.15) is 0 Å². The van der Waals surface area contributed by atoms with Crippen LogP contribution < -0.4 is 5.32 Å². The topological polar surface area (TPSA) is 12.0 Å². The lowest BCUT2D eigenvalue weighted by molar-refractivity contribution is 0.510. The van der Waals surface area contributed by atoms with Crippen molar-refractivity contribution in [2.24, 2.45) is 5.92 Å². The van der Waals surface area contributed by atoms with Crippen LogP contribution in [0.25, 0.3) is 0 Å². The van der Waals surface area contributed by atoms with Gasteiger partial charge in [-0.05, 0) is 32.4 Å². The van der Waals surface area contributed by atoms with E-state index in [-0.39, 0.29) is 0 Å². The lowest BCUT2D eigenvalue weighted by Gasteiger charge is -2.06. The van der Waals surface area contributed by atoms with Gasteiger partial charge in [0.15, 0.2) is 0 Å². The Hall–Kier alpha value is -0.300. The van der Waals surface area contributed by atoms with Gasteiger partial charge in [0.25, 0.3) is 0 Å². The van der Waals surface area contributed by atoms with E-state index in [9.17, 15) is 0 Å². The van der Waals surface area contributed by atoms with E-state index in [1.807, 2.05) is 0 Å². The minimum absolute atomic E-state index is 0.843. The second-order valence-corrected chi connectivity index (χ2v) is 5.03. The summed E-state index contributed by atoms with van der Waals surface area (Å²) in [5.74, 6) is 0.843. The molecule has 0 aromatic heterocycles. The van der Waals surface area contributed by atoms with Gasteiger partial charge in [0.05, 0.1) is 0 Å². The first kappa shape index (κ1) is 23.8. The normalized spacial score (nSPS) is 11.3. The van der Waals surface area contributed by atoms with Gasteiger partial charge in [-0.3, -0.25) is 0 Å². The smallest absolute Gasteiger partial charge is 0.00234 e. The van der Waals surface area contributed by atoms with Crippen molar-refractivity contribution in [2.45, 2.75) is 87.0 Å². The summed E-state index contributed by atoms with van der Waals surface area (Å²) in [6, 6.07) is 0. The zero-order chi connectivity index (χ0) is 15.4. The van der Waals surface area contributed by atoms with Crippen molar-refractivity contribution in [3.8, 4) is 0 Å². The molecule has 0 rings (SSSR count). The molecule has 0 fully saturated rings. The van der Waals surface area contributed by atoms with Crippen molar-refractivity contribution < 1.29 is 0 Å². The highest BCUT2D eigenvalue weighted by molar-refractivity contribution is 4.75. The quantitative estimate of drug-likeness (QED) is 0.518. The Bertz CT molecular complexity index is 139. The van der Waals surface area contributed by atoms with E-state index in [0.29, 0.717) is 0 Å². The van der Waals surface area contributed by atoms with Crippen molar-refractivity contribution >= 4 is 0 Å². The Labute approximate surface area is 124 Å². The maximum Gasteiger partial charge on any atom is -0.00234 e. The van der Waals surface area contributed by atoms with Crippen LogP contribution >= 0.6 is 0 Å². The van der Waals surface area contributed by atoms with E-state index in [1.165, 1.54) is 45.1 Å². The molecule has 0 aliphatic heterocycles. The molecule has 1 unspecified atom stereocenters. The molecular weight excluding hydrogens is 230 g/mol. The molecule has 118 valence electrons. The van der Waals surface area contributed by atoms with E-state index >= 15 is 0 Å². The molecule has 1 N–H and O–H groups in total. The Morgan fingerprint density at radius 1 is 0.947 bits per heavy atom. The van der Waals surface area contributed by atoms with Gasteiger partial charge in [-0.1, -0.05) is 85.8 Å². The van der Waals surface area contributed by atoms with Crippen LogP contribution in [0.3, 0.4) is 0 Å². The standard InChI is InChI=1S/C7H17N.C6H12.C5H12/c1-4-7(3)6-8-5-2;1-3-5-6-4-2;1-3-5-4-2/h7-8H,4-6H2,1-3H3;3,5H,4,6H2,1-2H3;3-5H2,1-2H3. The summed E-state index contributed by atoms with van der Waals surface area (Å²) in [6.07, 6.45) is 12.1. The first-order valence-electron chi connectivity index (χ1n) is 8.46. The molecule has 0 saturated carbocycles. The van der Waals surface area contributed by atoms with E-state index in [0.717, 1.165) is 12.5 Å². The third-order valence-electron chi connectivity index (χ3n) is 2.84. The average molecular weight is 272 g/mol. The molecule has 0 heterocycles. The third kappa shape index (κ3) is 38.1. The molecule has 0 bridgehead atoms. The first-order chi connectivity index (χ1) is 9.14.